The SMILES string of the molecule is CC(C)(C)NC(=O)NC(c1ccccc1)C(O)C(=O)O. The van der Waals surface area contributed by atoms with Crippen LogP contribution in [0.25, 0.3) is 0 Å². The number of aliphatic hydroxyl groups is 1. The zero-order valence-corrected chi connectivity index (χ0v) is 11.8. The monoisotopic (exact) mass is 280 g/mol. The number of nitrogens with one attached hydrogen (secondary N) is 2. The summed E-state index contributed by atoms with van der Waals surface area (Å²) in [6.45, 7) is 5.41. The minimum Gasteiger partial charge on any atom is -0.479 e. The van der Waals surface area contributed by atoms with Crippen molar-refractivity contribution in [3.8, 4) is 0 Å². The molecule has 0 aromatic heterocycles. The minimum atomic E-state index is -1.72. The normalized spacial score (nSPS) is 14.2. The van der Waals surface area contributed by atoms with Gasteiger partial charge in [-0.2, -0.15) is 0 Å². The second-order valence-electron chi connectivity index (χ2n) is 5.52. The van der Waals surface area contributed by atoms with E-state index in [1.807, 2.05) is 0 Å². The molecule has 0 heterocycles. The van der Waals surface area contributed by atoms with Gasteiger partial charge in [-0.05, 0) is 26.3 Å². The summed E-state index contributed by atoms with van der Waals surface area (Å²) in [6, 6.07) is 6.92. The molecule has 0 saturated carbocycles. The van der Waals surface area contributed by atoms with Gasteiger partial charge in [0, 0.05) is 5.54 Å². The molecule has 6 heteroatoms. The van der Waals surface area contributed by atoms with Crippen LogP contribution >= 0.6 is 0 Å². The average molecular weight is 280 g/mol. The summed E-state index contributed by atoms with van der Waals surface area (Å²) in [4.78, 5) is 22.8. The second-order valence-corrected chi connectivity index (χ2v) is 5.52. The predicted molar refractivity (Wildman–Crippen MR) is 74.2 cm³/mol. The minimum absolute atomic E-state index is 0.459. The van der Waals surface area contributed by atoms with Crippen molar-refractivity contribution in [1.29, 1.82) is 0 Å². The maximum Gasteiger partial charge on any atom is 0.335 e. The van der Waals surface area contributed by atoms with Gasteiger partial charge in [-0.1, -0.05) is 30.3 Å². The molecule has 2 amide bonds. The number of carboxylic acid groups (broad SMARTS) is 1. The number of aliphatic carboxylic acids is 1. The molecule has 20 heavy (non-hydrogen) atoms. The molecular formula is C14H20N2O4. The molecule has 2 atom stereocenters. The van der Waals surface area contributed by atoms with Crippen LogP contribution in [-0.4, -0.2) is 33.9 Å². The number of benzene rings is 1. The molecule has 110 valence electrons. The van der Waals surface area contributed by atoms with Crippen molar-refractivity contribution in [2.45, 2.75) is 38.5 Å². The molecule has 0 bridgehead atoms. The molecular weight excluding hydrogens is 260 g/mol. The van der Waals surface area contributed by atoms with Crippen LogP contribution in [0.5, 0.6) is 0 Å². The van der Waals surface area contributed by atoms with Crippen molar-refractivity contribution in [3.63, 3.8) is 0 Å². The van der Waals surface area contributed by atoms with Crippen LogP contribution in [0.4, 0.5) is 4.79 Å². The molecule has 0 fully saturated rings. The number of urea groups is 1. The summed E-state index contributed by atoms with van der Waals surface area (Å²) < 4.78 is 0. The number of hydrogen-bond donors (Lipinski definition) is 4. The van der Waals surface area contributed by atoms with Crippen LogP contribution in [0.3, 0.4) is 0 Å². The van der Waals surface area contributed by atoms with Gasteiger partial charge in [-0.15, -0.1) is 0 Å². The largest absolute Gasteiger partial charge is 0.479 e. The first-order valence-electron chi connectivity index (χ1n) is 6.25. The van der Waals surface area contributed by atoms with E-state index in [1.165, 1.54) is 0 Å². The Morgan fingerprint density at radius 3 is 2.15 bits per heavy atom. The lowest BCUT2D eigenvalue weighted by molar-refractivity contribution is -0.148. The third-order valence-corrected chi connectivity index (χ3v) is 2.50. The fourth-order valence-corrected chi connectivity index (χ4v) is 1.67. The van der Waals surface area contributed by atoms with Crippen LogP contribution in [0.2, 0.25) is 0 Å². The van der Waals surface area contributed by atoms with E-state index in [-0.39, 0.29) is 0 Å². The first-order valence-corrected chi connectivity index (χ1v) is 6.25. The van der Waals surface area contributed by atoms with Gasteiger partial charge in [0.2, 0.25) is 0 Å². The first-order chi connectivity index (χ1) is 9.20. The van der Waals surface area contributed by atoms with E-state index < -0.39 is 29.7 Å². The lowest BCUT2D eigenvalue weighted by atomic mass is 10.0. The van der Waals surface area contributed by atoms with Crippen molar-refractivity contribution in [2.24, 2.45) is 0 Å². The highest BCUT2D eigenvalue weighted by Gasteiger charge is 2.29. The van der Waals surface area contributed by atoms with E-state index in [9.17, 15) is 14.7 Å². The fourth-order valence-electron chi connectivity index (χ4n) is 1.67. The smallest absolute Gasteiger partial charge is 0.335 e. The Morgan fingerprint density at radius 2 is 1.70 bits per heavy atom. The number of rotatable bonds is 4. The Hall–Kier alpha value is -2.08. The highest BCUT2D eigenvalue weighted by Crippen LogP contribution is 2.17. The average Bonchev–Trinajstić information content (AvgIpc) is 2.34. The number of carboxylic acids is 1. The van der Waals surface area contributed by atoms with Crippen LogP contribution in [0.15, 0.2) is 30.3 Å². The molecule has 1 rings (SSSR count). The van der Waals surface area contributed by atoms with Gasteiger partial charge < -0.3 is 20.8 Å². The Bertz CT molecular complexity index is 468. The van der Waals surface area contributed by atoms with Crippen molar-refractivity contribution in [2.75, 3.05) is 0 Å². The first kappa shape index (κ1) is 16.0. The van der Waals surface area contributed by atoms with Gasteiger partial charge in [0.05, 0.1) is 6.04 Å². The predicted octanol–water partition coefficient (Wildman–Crippen LogP) is 1.27. The van der Waals surface area contributed by atoms with Gasteiger partial charge >= 0.3 is 12.0 Å². The van der Waals surface area contributed by atoms with Gasteiger partial charge in [0.1, 0.15) is 0 Å². The summed E-state index contributed by atoms with van der Waals surface area (Å²) >= 11 is 0. The topological polar surface area (TPSA) is 98.7 Å². The van der Waals surface area contributed by atoms with E-state index in [0.29, 0.717) is 5.56 Å². The van der Waals surface area contributed by atoms with E-state index in [1.54, 1.807) is 51.1 Å². The molecule has 0 aliphatic carbocycles. The summed E-state index contributed by atoms with van der Waals surface area (Å²) in [5.74, 6) is -1.39. The molecule has 0 spiro atoms. The molecule has 6 nitrogen and oxygen atoms in total. The lowest BCUT2D eigenvalue weighted by Crippen LogP contribution is -2.50. The van der Waals surface area contributed by atoms with Crippen LogP contribution < -0.4 is 10.6 Å². The lowest BCUT2D eigenvalue weighted by Gasteiger charge is -2.26. The molecule has 0 aliphatic heterocycles. The number of carbonyl (C=O) groups is 2. The third-order valence-electron chi connectivity index (χ3n) is 2.50. The standard InChI is InChI=1S/C14H20N2O4/c1-14(2,3)16-13(20)15-10(11(17)12(18)19)9-7-5-4-6-8-9/h4-8,10-11,17H,1-3H3,(H,18,19)(H2,15,16,20). The highest BCUT2D eigenvalue weighted by atomic mass is 16.4. The molecule has 0 saturated heterocycles. The molecule has 1 aromatic rings. The van der Waals surface area contributed by atoms with E-state index in [4.69, 9.17) is 5.11 Å². The van der Waals surface area contributed by atoms with E-state index in [2.05, 4.69) is 10.6 Å². The van der Waals surface area contributed by atoms with Gasteiger partial charge in [0.25, 0.3) is 0 Å². The second kappa shape index (κ2) is 6.38. The van der Waals surface area contributed by atoms with Crippen molar-refractivity contribution >= 4 is 12.0 Å². The maximum absolute atomic E-state index is 11.8. The number of hydrogen-bond acceptors (Lipinski definition) is 3. The molecule has 0 aliphatic rings. The third kappa shape index (κ3) is 4.89. The van der Waals surface area contributed by atoms with Crippen LogP contribution in [-0.2, 0) is 4.79 Å². The summed E-state index contributed by atoms with van der Waals surface area (Å²) in [6.07, 6.45) is -1.72. The Balaban J connectivity index is 2.90. The number of carbonyl (C=O) groups excluding carboxylic acids is 1. The number of amides is 2. The highest BCUT2D eigenvalue weighted by molar-refractivity contribution is 5.78. The molecule has 1 aromatic carbocycles. The Labute approximate surface area is 117 Å². The molecule has 2 unspecified atom stereocenters. The van der Waals surface area contributed by atoms with Crippen molar-refractivity contribution in [3.05, 3.63) is 35.9 Å². The van der Waals surface area contributed by atoms with Gasteiger partial charge in [-0.3, -0.25) is 0 Å². The van der Waals surface area contributed by atoms with Crippen molar-refractivity contribution in [1.82, 2.24) is 10.6 Å². The number of aliphatic hydroxyl groups excluding tert-OH is 1. The van der Waals surface area contributed by atoms with Gasteiger partial charge in [-0.25, -0.2) is 9.59 Å². The van der Waals surface area contributed by atoms with Crippen LogP contribution in [0, 0.1) is 0 Å². The summed E-state index contributed by atoms with van der Waals surface area (Å²) in [7, 11) is 0. The van der Waals surface area contributed by atoms with Crippen molar-refractivity contribution < 1.29 is 19.8 Å². The van der Waals surface area contributed by atoms with Crippen LogP contribution in [0.1, 0.15) is 32.4 Å². The fraction of sp³-hybridized carbons (Fsp3) is 0.429. The Morgan fingerprint density at radius 1 is 1.15 bits per heavy atom. The summed E-state index contributed by atoms with van der Waals surface area (Å²) in [5, 5.41) is 23.8. The summed E-state index contributed by atoms with van der Waals surface area (Å²) in [5.41, 5.74) is 0.0610. The quantitative estimate of drug-likeness (QED) is 0.667. The van der Waals surface area contributed by atoms with E-state index >= 15 is 0 Å². The van der Waals surface area contributed by atoms with Gasteiger partial charge in [0.15, 0.2) is 6.10 Å². The molecule has 4 N–H and O–H groups in total. The zero-order chi connectivity index (χ0) is 15.3. The zero-order valence-electron chi connectivity index (χ0n) is 11.8. The molecule has 0 radical (unpaired) electrons. The maximum atomic E-state index is 11.8. The van der Waals surface area contributed by atoms with E-state index in [0.717, 1.165) is 0 Å². The Kier molecular flexibility index (Phi) is 5.10.